The molecule has 0 saturated heterocycles. The number of nitrogens with two attached hydrogens (primary N) is 1. The molecule has 1 aromatic heterocycles. The minimum atomic E-state index is 0.379. The molecule has 20 heavy (non-hydrogen) atoms. The van der Waals surface area contributed by atoms with Gasteiger partial charge in [-0.05, 0) is 51.0 Å². The van der Waals surface area contributed by atoms with Crippen molar-refractivity contribution in [2.24, 2.45) is 23.5 Å². The van der Waals surface area contributed by atoms with E-state index in [0.717, 1.165) is 29.9 Å². The zero-order chi connectivity index (χ0) is 14.7. The molecular formula is C16H29N3S. The molecule has 0 spiro atoms. The SMILES string of the molecule is Cc1nc(CN(C)CC2CC(C(C)C)CCC2N)cs1. The fraction of sp³-hybridized carbons (Fsp3) is 0.812. The van der Waals surface area contributed by atoms with Crippen LogP contribution in [0.1, 0.15) is 43.8 Å². The molecule has 2 rings (SSSR count). The molecule has 114 valence electrons. The van der Waals surface area contributed by atoms with Crippen LogP contribution in [0, 0.1) is 24.7 Å². The van der Waals surface area contributed by atoms with Gasteiger partial charge >= 0.3 is 0 Å². The molecule has 0 amide bonds. The fourth-order valence-corrected chi connectivity index (χ4v) is 3.97. The normalized spacial score (nSPS) is 27.4. The summed E-state index contributed by atoms with van der Waals surface area (Å²) in [5.74, 6) is 2.28. The first-order chi connectivity index (χ1) is 9.45. The van der Waals surface area contributed by atoms with E-state index in [1.165, 1.54) is 25.0 Å². The molecule has 2 N–H and O–H groups in total. The molecule has 1 aliphatic carbocycles. The van der Waals surface area contributed by atoms with Crippen LogP contribution in [0.15, 0.2) is 5.38 Å². The van der Waals surface area contributed by atoms with Gasteiger partial charge in [-0.15, -0.1) is 11.3 Å². The highest BCUT2D eigenvalue weighted by Crippen LogP contribution is 2.33. The van der Waals surface area contributed by atoms with Gasteiger partial charge in [0.25, 0.3) is 0 Å². The van der Waals surface area contributed by atoms with Gasteiger partial charge < -0.3 is 10.6 Å². The van der Waals surface area contributed by atoms with Crippen LogP contribution in [0.25, 0.3) is 0 Å². The molecule has 3 nitrogen and oxygen atoms in total. The molecule has 1 aromatic rings. The predicted molar refractivity (Wildman–Crippen MR) is 86.8 cm³/mol. The van der Waals surface area contributed by atoms with Crippen LogP contribution in [0.2, 0.25) is 0 Å². The number of nitrogens with zero attached hydrogens (tertiary/aromatic N) is 2. The number of aromatic nitrogens is 1. The lowest BCUT2D eigenvalue weighted by Gasteiger charge is -2.37. The molecule has 1 heterocycles. The van der Waals surface area contributed by atoms with E-state index in [4.69, 9.17) is 5.73 Å². The van der Waals surface area contributed by atoms with Crippen LogP contribution in [0.3, 0.4) is 0 Å². The fourth-order valence-electron chi connectivity index (χ4n) is 3.36. The van der Waals surface area contributed by atoms with E-state index in [1.54, 1.807) is 11.3 Å². The Labute approximate surface area is 127 Å². The van der Waals surface area contributed by atoms with E-state index in [0.29, 0.717) is 12.0 Å². The smallest absolute Gasteiger partial charge is 0.0897 e. The van der Waals surface area contributed by atoms with E-state index in [2.05, 4.69) is 43.1 Å². The van der Waals surface area contributed by atoms with Crippen LogP contribution >= 0.6 is 11.3 Å². The Bertz CT molecular complexity index is 416. The molecule has 0 aromatic carbocycles. The number of hydrogen-bond acceptors (Lipinski definition) is 4. The zero-order valence-electron chi connectivity index (χ0n) is 13.3. The van der Waals surface area contributed by atoms with Crippen molar-refractivity contribution in [3.63, 3.8) is 0 Å². The average molecular weight is 295 g/mol. The van der Waals surface area contributed by atoms with Gasteiger partial charge in [0.1, 0.15) is 0 Å². The molecular weight excluding hydrogens is 266 g/mol. The summed E-state index contributed by atoms with van der Waals surface area (Å²) in [5.41, 5.74) is 7.54. The minimum absolute atomic E-state index is 0.379. The van der Waals surface area contributed by atoms with Crippen molar-refractivity contribution < 1.29 is 0 Å². The van der Waals surface area contributed by atoms with Crippen LogP contribution < -0.4 is 5.73 Å². The van der Waals surface area contributed by atoms with Crippen LogP contribution in [-0.2, 0) is 6.54 Å². The first kappa shape index (κ1) is 15.9. The summed E-state index contributed by atoms with van der Waals surface area (Å²) < 4.78 is 0. The maximum absolute atomic E-state index is 6.35. The summed E-state index contributed by atoms with van der Waals surface area (Å²) >= 11 is 1.73. The van der Waals surface area contributed by atoms with Crippen molar-refractivity contribution in [1.82, 2.24) is 9.88 Å². The molecule has 1 fully saturated rings. The van der Waals surface area contributed by atoms with E-state index < -0.39 is 0 Å². The van der Waals surface area contributed by atoms with Crippen molar-refractivity contribution in [3.8, 4) is 0 Å². The molecule has 3 atom stereocenters. The molecule has 0 radical (unpaired) electrons. The highest BCUT2D eigenvalue weighted by atomic mass is 32.1. The average Bonchev–Trinajstić information content (AvgIpc) is 2.77. The topological polar surface area (TPSA) is 42.2 Å². The molecule has 0 aliphatic heterocycles. The Hall–Kier alpha value is -0.450. The summed E-state index contributed by atoms with van der Waals surface area (Å²) in [7, 11) is 2.19. The van der Waals surface area contributed by atoms with E-state index in [1.807, 2.05) is 0 Å². The first-order valence-corrected chi connectivity index (χ1v) is 8.68. The number of rotatable bonds is 5. The first-order valence-electron chi connectivity index (χ1n) is 7.80. The third kappa shape index (κ3) is 4.27. The van der Waals surface area contributed by atoms with Crippen molar-refractivity contribution in [2.45, 2.75) is 52.6 Å². The van der Waals surface area contributed by atoms with Gasteiger partial charge in [0, 0.05) is 24.5 Å². The Kier molecular flexibility index (Phi) is 5.58. The Balaban J connectivity index is 1.87. The molecule has 3 unspecified atom stereocenters. The third-order valence-electron chi connectivity index (χ3n) is 4.67. The van der Waals surface area contributed by atoms with Crippen LogP contribution in [-0.4, -0.2) is 29.5 Å². The van der Waals surface area contributed by atoms with Crippen LogP contribution in [0.4, 0.5) is 0 Å². The van der Waals surface area contributed by atoms with Crippen molar-refractivity contribution >= 4 is 11.3 Å². The molecule has 4 heteroatoms. The van der Waals surface area contributed by atoms with Crippen LogP contribution in [0.5, 0.6) is 0 Å². The summed E-state index contributed by atoms with van der Waals surface area (Å²) in [6.07, 6.45) is 3.79. The monoisotopic (exact) mass is 295 g/mol. The van der Waals surface area contributed by atoms with Gasteiger partial charge in [-0.1, -0.05) is 13.8 Å². The highest BCUT2D eigenvalue weighted by molar-refractivity contribution is 7.09. The highest BCUT2D eigenvalue weighted by Gasteiger charge is 2.30. The summed E-state index contributed by atoms with van der Waals surface area (Å²) in [6.45, 7) is 8.81. The second kappa shape index (κ2) is 7.01. The van der Waals surface area contributed by atoms with Gasteiger partial charge in [0.15, 0.2) is 0 Å². The van der Waals surface area contributed by atoms with Gasteiger partial charge in [-0.25, -0.2) is 4.98 Å². The summed E-state index contributed by atoms with van der Waals surface area (Å²) in [6, 6.07) is 0.379. The third-order valence-corrected chi connectivity index (χ3v) is 5.49. The van der Waals surface area contributed by atoms with E-state index in [9.17, 15) is 0 Å². The number of thiazole rings is 1. The second-order valence-electron chi connectivity index (χ2n) is 6.80. The van der Waals surface area contributed by atoms with E-state index >= 15 is 0 Å². The number of aryl methyl sites for hydroxylation is 1. The van der Waals surface area contributed by atoms with Crippen molar-refractivity contribution in [1.29, 1.82) is 0 Å². The molecule has 0 bridgehead atoms. The lowest BCUT2D eigenvalue weighted by Crippen LogP contribution is -2.42. The van der Waals surface area contributed by atoms with E-state index in [-0.39, 0.29) is 0 Å². The Morgan fingerprint density at radius 3 is 2.80 bits per heavy atom. The Morgan fingerprint density at radius 1 is 1.45 bits per heavy atom. The summed E-state index contributed by atoms with van der Waals surface area (Å²) in [5, 5.41) is 3.33. The Morgan fingerprint density at radius 2 is 2.20 bits per heavy atom. The summed E-state index contributed by atoms with van der Waals surface area (Å²) in [4.78, 5) is 6.94. The minimum Gasteiger partial charge on any atom is -0.327 e. The standard InChI is InChI=1S/C16H29N3S/c1-11(2)13-5-6-16(17)14(7-13)8-19(4)9-15-10-20-12(3)18-15/h10-11,13-14,16H,5-9,17H2,1-4H3. The molecule has 1 aliphatic rings. The largest absolute Gasteiger partial charge is 0.327 e. The van der Waals surface area contributed by atoms with Gasteiger partial charge in [0.05, 0.1) is 10.7 Å². The van der Waals surface area contributed by atoms with Gasteiger partial charge in [-0.2, -0.15) is 0 Å². The van der Waals surface area contributed by atoms with Gasteiger partial charge in [-0.3, -0.25) is 0 Å². The lowest BCUT2D eigenvalue weighted by molar-refractivity contribution is 0.146. The zero-order valence-corrected chi connectivity index (χ0v) is 14.1. The number of hydrogen-bond donors (Lipinski definition) is 1. The predicted octanol–water partition coefficient (Wildman–Crippen LogP) is 3.28. The molecule has 1 saturated carbocycles. The van der Waals surface area contributed by atoms with Crippen molar-refractivity contribution in [2.75, 3.05) is 13.6 Å². The van der Waals surface area contributed by atoms with Gasteiger partial charge in [0.2, 0.25) is 0 Å². The quantitative estimate of drug-likeness (QED) is 0.906. The lowest BCUT2D eigenvalue weighted by atomic mass is 9.74. The second-order valence-corrected chi connectivity index (χ2v) is 7.86. The maximum Gasteiger partial charge on any atom is 0.0897 e. The van der Waals surface area contributed by atoms with Crippen molar-refractivity contribution in [3.05, 3.63) is 16.1 Å². The maximum atomic E-state index is 6.35.